The van der Waals surface area contributed by atoms with E-state index in [0.29, 0.717) is 0 Å². The molecule has 0 N–H and O–H groups in total. The largest absolute Gasteiger partial charge is 0.741 e. The zero-order chi connectivity index (χ0) is 19.0. The minimum atomic E-state index is -6.09. The number of benzene rings is 2. The fraction of sp³-hybridized carbons (Fsp3) is 0.267. The van der Waals surface area contributed by atoms with Crippen LogP contribution in [0.5, 0.6) is 5.75 Å². The summed E-state index contributed by atoms with van der Waals surface area (Å²) < 4.78 is 69.6. The number of nitrogens with zero attached hydrogens (tertiary/aromatic N) is 1. The molecule has 0 saturated heterocycles. The fourth-order valence-electron chi connectivity index (χ4n) is 2.21. The third-order valence-corrected chi connectivity index (χ3v) is 7.27. The summed E-state index contributed by atoms with van der Waals surface area (Å²) in [6.07, 6.45) is 0. The summed E-state index contributed by atoms with van der Waals surface area (Å²) in [7, 11) is -2.20. The Hall–Kier alpha value is -1.34. The number of alkyl halides is 3. The molecule has 0 amide bonds. The number of fused-ring (bicyclic) bond motifs is 3. The van der Waals surface area contributed by atoms with Crippen LogP contribution < -0.4 is 9.30 Å². The zero-order valence-electron chi connectivity index (χ0n) is 13.4. The Kier molecular flexibility index (Phi) is 5.68. The molecule has 0 aliphatic rings. The van der Waals surface area contributed by atoms with Crippen LogP contribution in [-0.4, -0.2) is 46.0 Å². The van der Waals surface area contributed by atoms with Crippen molar-refractivity contribution in [3.8, 4) is 5.75 Å². The van der Waals surface area contributed by atoms with Crippen molar-refractivity contribution >= 4 is 50.2 Å². The van der Waals surface area contributed by atoms with E-state index in [-0.39, 0.29) is 20.4 Å². The maximum atomic E-state index is 10.7. The van der Waals surface area contributed by atoms with Crippen LogP contribution in [0.15, 0.2) is 30.3 Å². The molecule has 2 aromatic carbocycles. The van der Waals surface area contributed by atoms with Crippen LogP contribution in [0.1, 0.15) is 3.71 Å². The second-order valence-corrected chi connectivity index (χ2v) is 9.97. The SMILES string of the molecule is COc1ccc2c(ccc3[te]c(C)[n+](C)c32)c1.O=S(=O)([O-])C(F)(F)F. The van der Waals surface area contributed by atoms with Gasteiger partial charge in [-0.3, -0.25) is 0 Å². The molecule has 1 aromatic heterocycles. The van der Waals surface area contributed by atoms with Crippen molar-refractivity contribution < 1.29 is 35.4 Å². The molecule has 0 spiro atoms. The van der Waals surface area contributed by atoms with Gasteiger partial charge in [-0.2, -0.15) is 13.2 Å². The number of ether oxygens (including phenoxy) is 1. The van der Waals surface area contributed by atoms with Gasteiger partial charge in [-0.25, -0.2) is 8.42 Å². The van der Waals surface area contributed by atoms with E-state index >= 15 is 0 Å². The smallest absolute Gasteiger partial charge is 0.485 e. The average Bonchev–Trinajstić information content (AvgIpc) is 2.80. The molecular formula is C15H14F3NO4STe. The average molecular weight is 489 g/mol. The molecule has 0 fully saturated rings. The minimum absolute atomic E-state index is 0.141. The molecule has 0 aliphatic heterocycles. The third-order valence-electron chi connectivity index (χ3n) is 3.51. The molecule has 1 heterocycles. The molecule has 0 radical (unpaired) electrons. The second kappa shape index (κ2) is 7.11. The van der Waals surface area contributed by atoms with Gasteiger partial charge < -0.3 is 4.55 Å². The van der Waals surface area contributed by atoms with Crippen molar-refractivity contribution in [3.63, 3.8) is 0 Å². The summed E-state index contributed by atoms with van der Waals surface area (Å²) in [6.45, 7) is 2.25. The number of hydrogen-bond acceptors (Lipinski definition) is 4. The van der Waals surface area contributed by atoms with Crippen LogP contribution >= 0.6 is 0 Å². The molecule has 136 valence electrons. The fourth-order valence-corrected chi connectivity index (χ4v) is 5.14. The van der Waals surface area contributed by atoms with E-state index in [4.69, 9.17) is 17.7 Å². The molecule has 0 saturated carbocycles. The molecule has 5 nitrogen and oxygen atoms in total. The van der Waals surface area contributed by atoms with E-state index in [0.717, 1.165) is 5.75 Å². The molecule has 0 unspecified atom stereocenters. The Labute approximate surface area is 152 Å². The van der Waals surface area contributed by atoms with E-state index in [2.05, 4.69) is 42.8 Å². The van der Waals surface area contributed by atoms with Crippen molar-refractivity contribution in [1.29, 1.82) is 0 Å². The van der Waals surface area contributed by atoms with Crippen LogP contribution in [0.4, 0.5) is 13.2 Å². The van der Waals surface area contributed by atoms with Crippen molar-refractivity contribution in [2.75, 3.05) is 7.11 Å². The minimum Gasteiger partial charge on any atom is -0.741 e. The normalized spacial score (nSPS) is 12.1. The molecule has 10 heteroatoms. The first kappa shape index (κ1) is 20.0. The monoisotopic (exact) mass is 491 g/mol. The quantitative estimate of drug-likeness (QED) is 0.228. The Morgan fingerprint density at radius 1 is 1.20 bits per heavy atom. The van der Waals surface area contributed by atoms with Crippen molar-refractivity contribution in [1.82, 2.24) is 0 Å². The Bertz CT molecular complexity index is 1030. The molecule has 3 rings (SSSR count). The first-order valence-electron chi connectivity index (χ1n) is 6.83. The van der Waals surface area contributed by atoms with Crippen molar-refractivity contribution in [2.45, 2.75) is 12.4 Å². The third kappa shape index (κ3) is 4.26. The predicted octanol–water partition coefficient (Wildman–Crippen LogP) is 2.24. The summed E-state index contributed by atoms with van der Waals surface area (Å²) in [5.74, 6) is 0.926. The first-order chi connectivity index (χ1) is 11.5. The number of aryl methyl sites for hydroxylation is 2. The molecule has 0 bridgehead atoms. The summed E-state index contributed by atoms with van der Waals surface area (Å²) >= 11 is -0.141. The van der Waals surface area contributed by atoms with Gasteiger partial charge in [0.2, 0.25) is 0 Å². The second-order valence-electron chi connectivity index (χ2n) is 5.08. The number of hydrogen-bond donors (Lipinski definition) is 0. The number of rotatable bonds is 1. The summed E-state index contributed by atoms with van der Waals surface area (Å²) in [5.41, 5.74) is -4.24. The van der Waals surface area contributed by atoms with Gasteiger partial charge in [0.25, 0.3) is 0 Å². The molecule has 0 atom stereocenters. The Morgan fingerprint density at radius 3 is 2.32 bits per heavy atom. The van der Waals surface area contributed by atoms with E-state index in [1.54, 1.807) is 10.5 Å². The topological polar surface area (TPSA) is 70.3 Å². The van der Waals surface area contributed by atoms with Crippen LogP contribution in [0, 0.1) is 6.92 Å². The first-order valence-corrected chi connectivity index (χ1v) is 10.6. The van der Waals surface area contributed by atoms with Gasteiger partial charge in [-0.05, 0) is 0 Å². The van der Waals surface area contributed by atoms with Gasteiger partial charge in [-0.15, -0.1) is 0 Å². The van der Waals surface area contributed by atoms with Gasteiger partial charge in [0.15, 0.2) is 10.1 Å². The number of aromatic nitrogens is 1. The summed E-state index contributed by atoms with van der Waals surface area (Å²) in [6, 6.07) is 10.8. The van der Waals surface area contributed by atoms with Crippen LogP contribution in [0.2, 0.25) is 0 Å². The van der Waals surface area contributed by atoms with Gasteiger partial charge in [-0.1, -0.05) is 0 Å². The molecular weight excluding hydrogens is 475 g/mol. The van der Waals surface area contributed by atoms with E-state index < -0.39 is 15.6 Å². The van der Waals surface area contributed by atoms with Crippen molar-refractivity contribution in [2.24, 2.45) is 7.05 Å². The summed E-state index contributed by atoms with van der Waals surface area (Å²) in [4.78, 5) is 0. The van der Waals surface area contributed by atoms with E-state index in [9.17, 15) is 13.2 Å². The number of halogens is 3. The standard InChI is InChI=1S/C14H14NOTe.CHF3O3S/c1-9-15(2)14-12-6-5-11(16-3)8-10(12)4-7-13(14)17-9;2-1(3,4)8(5,6)7/h4-8H,1-3H3;(H,5,6,7)/q+1;/p-1. The molecule has 0 aliphatic carbocycles. The Morgan fingerprint density at radius 2 is 1.80 bits per heavy atom. The van der Waals surface area contributed by atoms with Crippen LogP contribution in [0.25, 0.3) is 19.7 Å². The van der Waals surface area contributed by atoms with Gasteiger partial charge in [0.1, 0.15) is 0 Å². The Balaban J connectivity index is 0.000000242. The zero-order valence-corrected chi connectivity index (χ0v) is 16.6. The molecule has 3 aromatic rings. The van der Waals surface area contributed by atoms with Crippen LogP contribution in [0.3, 0.4) is 0 Å². The summed E-state index contributed by atoms with van der Waals surface area (Å²) in [5, 5.41) is 2.60. The molecule has 25 heavy (non-hydrogen) atoms. The van der Waals surface area contributed by atoms with E-state index in [1.165, 1.54) is 20.0 Å². The van der Waals surface area contributed by atoms with Crippen LogP contribution in [-0.2, 0) is 17.2 Å². The van der Waals surface area contributed by atoms with Crippen molar-refractivity contribution in [3.05, 3.63) is 34.0 Å². The van der Waals surface area contributed by atoms with E-state index in [1.807, 2.05) is 6.07 Å². The number of methoxy groups -OCH3 is 1. The van der Waals surface area contributed by atoms with Gasteiger partial charge in [0.05, 0.1) is 0 Å². The van der Waals surface area contributed by atoms with Gasteiger partial charge >= 0.3 is 116 Å². The predicted molar refractivity (Wildman–Crippen MR) is 86.6 cm³/mol. The maximum absolute atomic E-state index is 10.7. The maximum Gasteiger partial charge on any atom is 0.485 e. The van der Waals surface area contributed by atoms with Gasteiger partial charge in [0, 0.05) is 0 Å².